The van der Waals surface area contributed by atoms with Gasteiger partial charge in [0.2, 0.25) is 0 Å². The Morgan fingerprint density at radius 1 is 0.906 bits per heavy atom. The van der Waals surface area contributed by atoms with Crippen molar-refractivity contribution in [1.82, 2.24) is 19.4 Å². The Bertz CT molecular complexity index is 1610. The van der Waals surface area contributed by atoms with Crippen molar-refractivity contribution in [3.8, 4) is 34.3 Å². The number of hydrogen-bond donors (Lipinski definition) is 1. The van der Waals surface area contributed by atoms with Crippen LogP contribution in [0.3, 0.4) is 0 Å². The van der Waals surface area contributed by atoms with Crippen LogP contribution in [0, 0.1) is 0 Å². The van der Waals surface area contributed by atoms with Gasteiger partial charge >= 0.3 is 0 Å². The number of methoxy groups -OCH3 is 2. The second-order valence-corrected chi connectivity index (χ2v) is 8.78. The molecule has 6 aromatic rings. The number of thiazole rings is 1. The highest BCUT2D eigenvalue weighted by molar-refractivity contribution is 7.23. The molecule has 3 aromatic carbocycles. The highest BCUT2D eigenvalue weighted by Crippen LogP contribution is 2.39. The molecule has 0 aliphatic carbocycles. The van der Waals surface area contributed by atoms with E-state index in [0.717, 1.165) is 60.5 Å². The minimum atomic E-state index is 0.662. The predicted octanol–water partition coefficient (Wildman–Crippen LogP) is 6.43. The van der Waals surface area contributed by atoms with E-state index in [9.17, 15) is 0 Å². The van der Waals surface area contributed by atoms with Gasteiger partial charge in [-0.15, -0.1) is 0 Å². The number of nitrogens with one attached hydrogen (secondary N) is 1. The average molecular weight is 461 g/mol. The fourth-order valence-corrected chi connectivity index (χ4v) is 5.17. The first-order valence-electron chi connectivity index (χ1n) is 9.93. The van der Waals surface area contributed by atoms with Crippen LogP contribution in [-0.2, 0) is 0 Å². The van der Waals surface area contributed by atoms with Gasteiger partial charge in [-0.25, -0.2) is 9.97 Å². The minimum absolute atomic E-state index is 0.662. The summed E-state index contributed by atoms with van der Waals surface area (Å²) < 4.78 is 14.0. The maximum atomic E-state index is 6.21. The lowest BCUT2D eigenvalue weighted by molar-refractivity contribution is 0.415. The molecule has 0 aliphatic rings. The summed E-state index contributed by atoms with van der Waals surface area (Å²) >= 11 is 7.82. The van der Waals surface area contributed by atoms with Crippen molar-refractivity contribution in [3.05, 3.63) is 65.7 Å². The Kier molecular flexibility index (Phi) is 4.34. The van der Waals surface area contributed by atoms with E-state index in [1.54, 1.807) is 25.6 Å². The van der Waals surface area contributed by atoms with Gasteiger partial charge in [-0.3, -0.25) is 4.40 Å². The smallest absolute Gasteiger partial charge is 0.195 e. The summed E-state index contributed by atoms with van der Waals surface area (Å²) in [6.45, 7) is 0. The molecule has 158 valence electrons. The summed E-state index contributed by atoms with van der Waals surface area (Å²) in [5.41, 5.74) is 5.50. The maximum Gasteiger partial charge on any atom is 0.195 e. The highest BCUT2D eigenvalue weighted by atomic mass is 35.5. The third kappa shape index (κ3) is 2.93. The Balaban J connectivity index is 1.67. The number of halogens is 1. The second-order valence-electron chi connectivity index (χ2n) is 7.34. The third-order valence-electron chi connectivity index (χ3n) is 5.49. The number of aromatic nitrogens is 4. The molecule has 32 heavy (non-hydrogen) atoms. The van der Waals surface area contributed by atoms with Gasteiger partial charge in [0.05, 0.1) is 35.5 Å². The number of hydrogen-bond acceptors (Lipinski definition) is 5. The topological polar surface area (TPSA) is 64.4 Å². The quantitative estimate of drug-likeness (QED) is 0.329. The SMILES string of the molecule is COc1ccc(-c2nc3sc4cc(OC)ccc4n3c2-c2nc3ccc(Cl)cc3[nH]2)cc1. The largest absolute Gasteiger partial charge is 0.497 e. The molecule has 3 heterocycles. The van der Waals surface area contributed by atoms with E-state index in [-0.39, 0.29) is 0 Å². The molecule has 0 saturated carbocycles. The zero-order chi connectivity index (χ0) is 21.8. The van der Waals surface area contributed by atoms with Crippen molar-refractivity contribution >= 4 is 49.1 Å². The van der Waals surface area contributed by atoms with Gasteiger partial charge in [0.1, 0.15) is 22.9 Å². The Hall–Kier alpha value is -3.55. The molecular weight excluding hydrogens is 444 g/mol. The van der Waals surface area contributed by atoms with E-state index in [2.05, 4.69) is 15.5 Å². The van der Waals surface area contributed by atoms with Crippen LogP contribution in [0.1, 0.15) is 0 Å². The van der Waals surface area contributed by atoms with Crippen LogP contribution in [0.4, 0.5) is 0 Å². The van der Waals surface area contributed by atoms with Crippen molar-refractivity contribution < 1.29 is 9.47 Å². The molecule has 8 heteroatoms. The molecule has 0 fully saturated rings. The molecular formula is C24H17ClN4O2S. The number of imidazole rings is 2. The number of H-pyrrole nitrogens is 1. The Labute approximate surface area is 192 Å². The van der Waals surface area contributed by atoms with Crippen LogP contribution in [0.2, 0.25) is 5.02 Å². The molecule has 0 amide bonds. The Morgan fingerprint density at radius 3 is 2.47 bits per heavy atom. The zero-order valence-corrected chi connectivity index (χ0v) is 18.8. The number of nitrogens with zero attached hydrogens (tertiary/aromatic N) is 3. The van der Waals surface area contributed by atoms with Gasteiger partial charge in [0.15, 0.2) is 10.8 Å². The lowest BCUT2D eigenvalue weighted by atomic mass is 10.1. The van der Waals surface area contributed by atoms with Gasteiger partial charge < -0.3 is 14.5 Å². The van der Waals surface area contributed by atoms with E-state index in [1.165, 1.54) is 0 Å². The third-order valence-corrected chi connectivity index (χ3v) is 6.73. The van der Waals surface area contributed by atoms with Crippen molar-refractivity contribution in [2.75, 3.05) is 14.2 Å². The molecule has 0 unspecified atom stereocenters. The van der Waals surface area contributed by atoms with E-state index < -0.39 is 0 Å². The Morgan fingerprint density at radius 2 is 1.69 bits per heavy atom. The second kappa shape index (κ2) is 7.25. The molecule has 0 aliphatic heterocycles. The zero-order valence-electron chi connectivity index (χ0n) is 17.2. The lowest BCUT2D eigenvalue weighted by Gasteiger charge is -2.05. The first-order valence-corrected chi connectivity index (χ1v) is 11.1. The molecule has 0 saturated heterocycles. The van der Waals surface area contributed by atoms with Crippen molar-refractivity contribution in [2.45, 2.75) is 0 Å². The van der Waals surface area contributed by atoms with Gasteiger partial charge in [-0.05, 0) is 60.7 Å². The van der Waals surface area contributed by atoms with Crippen LogP contribution < -0.4 is 9.47 Å². The summed E-state index contributed by atoms with van der Waals surface area (Å²) in [6.07, 6.45) is 0. The summed E-state index contributed by atoms with van der Waals surface area (Å²) in [7, 11) is 3.33. The minimum Gasteiger partial charge on any atom is -0.497 e. The number of ether oxygens (including phenoxy) is 2. The first kappa shape index (κ1) is 19.2. The van der Waals surface area contributed by atoms with E-state index >= 15 is 0 Å². The molecule has 0 atom stereocenters. The van der Waals surface area contributed by atoms with E-state index in [1.807, 2.05) is 54.6 Å². The fourth-order valence-electron chi connectivity index (χ4n) is 3.94. The standard InChI is InChI=1S/C24H17ClN4O2S/c1-30-15-6-3-13(4-7-15)21-22(23-26-17-9-5-14(25)11-18(17)27-23)29-19-10-8-16(31-2)12-20(19)32-24(29)28-21/h3-12H,1-2H3,(H,26,27). The highest BCUT2D eigenvalue weighted by Gasteiger charge is 2.22. The van der Waals surface area contributed by atoms with E-state index in [4.69, 9.17) is 31.0 Å². The normalized spacial score (nSPS) is 11.6. The van der Waals surface area contributed by atoms with Crippen LogP contribution >= 0.6 is 22.9 Å². The molecule has 0 bridgehead atoms. The molecule has 0 radical (unpaired) electrons. The fraction of sp³-hybridized carbons (Fsp3) is 0.0833. The average Bonchev–Trinajstić information content (AvgIpc) is 3.49. The number of fused-ring (bicyclic) bond motifs is 4. The van der Waals surface area contributed by atoms with E-state index in [0.29, 0.717) is 5.02 Å². The summed E-state index contributed by atoms with van der Waals surface area (Å²) in [4.78, 5) is 14.2. The van der Waals surface area contributed by atoms with Crippen LogP contribution in [0.15, 0.2) is 60.7 Å². The summed E-state index contributed by atoms with van der Waals surface area (Å²) in [6, 6.07) is 19.6. The molecule has 3 aromatic heterocycles. The predicted molar refractivity (Wildman–Crippen MR) is 129 cm³/mol. The first-order chi connectivity index (χ1) is 15.6. The van der Waals surface area contributed by atoms with Crippen LogP contribution in [0.5, 0.6) is 11.5 Å². The van der Waals surface area contributed by atoms with Crippen molar-refractivity contribution in [2.24, 2.45) is 0 Å². The summed E-state index contributed by atoms with van der Waals surface area (Å²) in [5.74, 6) is 2.35. The number of benzene rings is 3. The van der Waals surface area contributed by atoms with Gasteiger partial charge in [0.25, 0.3) is 0 Å². The monoisotopic (exact) mass is 460 g/mol. The van der Waals surface area contributed by atoms with Crippen molar-refractivity contribution in [3.63, 3.8) is 0 Å². The number of rotatable bonds is 4. The van der Waals surface area contributed by atoms with Crippen LogP contribution in [-0.4, -0.2) is 33.6 Å². The summed E-state index contributed by atoms with van der Waals surface area (Å²) in [5, 5.41) is 0.662. The lowest BCUT2D eigenvalue weighted by Crippen LogP contribution is -1.92. The van der Waals surface area contributed by atoms with Crippen molar-refractivity contribution in [1.29, 1.82) is 0 Å². The maximum absolute atomic E-state index is 6.21. The molecule has 0 spiro atoms. The van der Waals surface area contributed by atoms with Gasteiger partial charge in [0, 0.05) is 10.6 Å². The molecule has 6 rings (SSSR count). The molecule has 1 N–H and O–H groups in total. The van der Waals surface area contributed by atoms with Gasteiger partial charge in [-0.1, -0.05) is 22.9 Å². The van der Waals surface area contributed by atoms with Gasteiger partial charge in [-0.2, -0.15) is 0 Å². The molecule has 6 nitrogen and oxygen atoms in total. The van der Waals surface area contributed by atoms with Crippen LogP contribution in [0.25, 0.3) is 49.0 Å². The number of aromatic amines is 1.